The summed E-state index contributed by atoms with van der Waals surface area (Å²) in [7, 11) is -3.35. The zero-order valence-corrected chi connectivity index (χ0v) is 18.7. The van der Waals surface area contributed by atoms with Crippen molar-refractivity contribution in [1.29, 1.82) is 0 Å². The number of halogens is 1. The monoisotopic (exact) mass is 512 g/mol. The number of benzene rings is 2. The standard InChI is InChI=1S/C21H25IN2O3S/c22-19-10-12-20(13-11-19)23-21(25)18-9-4-14-24(16-18)28(26,27)15-5-8-17-6-2-1-3-7-17/h1-3,6-7,10-13,18H,4-5,8-9,14-16H2,(H,23,25). The summed E-state index contributed by atoms with van der Waals surface area (Å²) in [5, 5.41) is 2.91. The van der Waals surface area contributed by atoms with Crippen LogP contribution in [0.3, 0.4) is 0 Å². The first-order chi connectivity index (χ1) is 13.4. The normalized spacial score (nSPS) is 18.0. The van der Waals surface area contributed by atoms with Crippen molar-refractivity contribution in [3.05, 3.63) is 63.7 Å². The minimum Gasteiger partial charge on any atom is -0.326 e. The molecule has 5 nitrogen and oxygen atoms in total. The number of carbonyl (C=O) groups is 1. The maximum atomic E-state index is 12.7. The number of amides is 1. The second kappa shape index (κ2) is 9.84. The molecule has 0 radical (unpaired) electrons. The molecule has 0 bridgehead atoms. The van der Waals surface area contributed by atoms with Gasteiger partial charge in [-0.1, -0.05) is 30.3 Å². The molecule has 2 aromatic carbocycles. The second-order valence-corrected chi connectivity index (χ2v) is 10.4. The number of hydrogen-bond donors (Lipinski definition) is 1. The second-order valence-electron chi connectivity index (χ2n) is 7.10. The maximum Gasteiger partial charge on any atom is 0.228 e. The van der Waals surface area contributed by atoms with E-state index in [4.69, 9.17) is 0 Å². The van der Waals surface area contributed by atoms with Crippen molar-refractivity contribution in [1.82, 2.24) is 4.31 Å². The van der Waals surface area contributed by atoms with Crippen LogP contribution < -0.4 is 5.32 Å². The highest BCUT2D eigenvalue weighted by molar-refractivity contribution is 14.1. The Bertz CT molecular complexity index is 886. The first-order valence-corrected chi connectivity index (χ1v) is 12.2. The van der Waals surface area contributed by atoms with E-state index >= 15 is 0 Å². The quantitative estimate of drug-likeness (QED) is 0.573. The number of anilines is 1. The van der Waals surface area contributed by atoms with Gasteiger partial charge < -0.3 is 5.32 Å². The average Bonchev–Trinajstić information content (AvgIpc) is 2.70. The lowest BCUT2D eigenvalue weighted by molar-refractivity contribution is -0.120. The molecule has 1 atom stereocenters. The average molecular weight is 512 g/mol. The number of hydrogen-bond acceptors (Lipinski definition) is 3. The number of piperidine rings is 1. The Morgan fingerprint density at radius 1 is 1.11 bits per heavy atom. The molecule has 28 heavy (non-hydrogen) atoms. The fourth-order valence-electron chi connectivity index (χ4n) is 3.42. The van der Waals surface area contributed by atoms with Crippen LogP contribution in [-0.4, -0.2) is 37.5 Å². The third-order valence-electron chi connectivity index (χ3n) is 4.97. The van der Waals surface area contributed by atoms with Gasteiger partial charge in [-0.2, -0.15) is 0 Å². The Balaban J connectivity index is 1.53. The zero-order valence-electron chi connectivity index (χ0n) is 15.7. The number of rotatable bonds is 7. The van der Waals surface area contributed by atoms with Crippen LogP contribution in [-0.2, 0) is 21.2 Å². The van der Waals surface area contributed by atoms with Gasteiger partial charge in [-0.15, -0.1) is 0 Å². The van der Waals surface area contributed by atoms with Gasteiger partial charge in [0.15, 0.2) is 0 Å². The molecule has 0 spiro atoms. The molecule has 1 heterocycles. The SMILES string of the molecule is O=C(Nc1ccc(I)cc1)C1CCCN(S(=O)(=O)CCCc2ccccc2)C1. The van der Waals surface area contributed by atoms with Crippen LogP contribution in [0.15, 0.2) is 54.6 Å². The van der Waals surface area contributed by atoms with Gasteiger partial charge in [-0.25, -0.2) is 12.7 Å². The number of nitrogens with one attached hydrogen (secondary N) is 1. The van der Waals surface area contributed by atoms with Crippen molar-refractivity contribution in [2.45, 2.75) is 25.7 Å². The summed E-state index contributed by atoms with van der Waals surface area (Å²) >= 11 is 2.21. The molecule has 0 aliphatic carbocycles. The molecule has 1 N–H and O–H groups in total. The first-order valence-electron chi connectivity index (χ1n) is 9.52. The van der Waals surface area contributed by atoms with Gasteiger partial charge in [-0.05, 0) is 78.1 Å². The molecule has 150 valence electrons. The summed E-state index contributed by atoms with van der Waals surface area (Å²) < 4.78 is 28.1. The third-order valence-corrected chi connectivity index (χ3v) is 7.61. The summed E-state index contributed by atoms with van der Waals surface area (Å²) in [6.07, 6.45) is 2.75. The van der Waals surface area contributed by atoms with Crippen LogP contribution in [0.4, 0.5) is 5.69 Å². The lowest BCUT2D eigenvalue weighted by atomic mass is 9.99. The van der Waals surface area contributed by atoms with E-state index in [1.165, 1.54) is 4.31 Å². The summed E-state index contributed by atoms with van der Waals surface area (Å²) in [5.74, 6) is -0.296. The molecule has 1 amide bonds. The molecular weight excluding hydrogens is 487 g/mol. The number of carbonyl (C=O) groups excluding carboxylic acids is 1. The summed E-state index contributed by atoms with van der Waals surface area (Å²) in [4.78, 5) is 12.6. The highest BCUT2D eigenvalue weighted by Crippen LogP contribution is 2.22. The van der Waals surface area contributed by atoms with E-state index in [0.29, 0.717) is 25.8 Å². The van der Waals surface area contributed by atoms with Gasteiger partial charge in [0.1, 0.15) is 0 Å². The van der Waals surface area contributed by atoms with Crippen molar-refractivity contribution in [3.63, 3.8) is 0 Å². The molecule has 7 heteroatoms. The van der Waals surface area contributed by atoms with E-state index < -0.39 is 10.0 Å². The Morgan fingerprint density at radius 3 is 2.54 bits per heavy atom. The summed E-state index contributed by atoms with van der Waals surface area (Å²) in [6, 6.07) is 17.5. The summed E-state index contributed by atoms with van der Waals surface area (Å²) in [5.41, 5.74) is 1.89. The minimum atomic E-state index is -3.35. The van der Waals surface area contributed by atoms with Crippen molar-refractivity contribution in [3.8, 4) is 0 Å². The topological polar surface area (TPSA) is 66.5 Å². The van der Waals surface area contributed by atoms with Crippen LogP contribution in [0, 0.1) is 9.49 Å². The first kappa shape index (κ1) is 21.3. The van der Waals surface area contributed by atoms with E-state index in [9.17, 15) is 13.2 Å². The summed E-state index contributed by atoms with van der Waals surface area (Å²) in [6.45, 7) is 0.769. The smallest absolute Gasteiger partial charge is 0.228 e. The maximum absolute atomic E-state index is 12.7. The number of aryl methyl sites for hydroxylation is 1. The molecule has 0 aromatic heterocycles. The molecule has 0 saturated carbocycles. The molecular formula is C21H25IN2O3S. The van der Waals surface area contributed by atoms with Gasteiger partial charge in [0.2, 0.25) is 15.9 Å². The molecule has 1 saturated heterocycles. The van der Waals surface area contributed by atoms with Crippen molar-refractivity contribution in [2.24, 2.45) is 5.92 Å². The lowest BCUT2D eigenvalue weighted by Crippen LogP contribution is -2.44. The predicted octanol–water partition coefficient (Wildman–Crippen LogP) is 3.90. The fourth-order valence-corrected chi connectivity index (χ4v) is 5.36. The fraction of sp³-hybridized carbons (Fsp3) is 0.381. The Kier molecular flexibility index (Phi) is 7.48. The molecule has 3 rings (SSSR count). The van der Waals surface area contributed by atoms with E-state index in [0.717, 1.165) is 21.2 Å². The van der Waals surface area contributed by atoms with Crippen molar-refractivity contribution in [2.75, 3.05) is 24.2 Å². The predicted molar refractivity (Wildman–Crippen MR) is 121 cm³/mol. The van der Waals surface area contributed by atoms with Crippen molar-refractivity contribution >= 4 is 44.2 Å². The van der Waals surface area contributed by atoms with Crippen LogP contribution >= 0.6 is 22.6 Å². The van der Waals surface area contributed by atoms with E-state index in [-0.39, 0.29) is 24.1 Å². The number of nitrogens with zero attached hydrogens (tertiary/aromatic N) is 1. The van der Waals surface area contributed by atoms with Crippen LogP contribution in [0.25, 0.3) is 0 Å². The third kappa shape index (κ3) is 6.02. The largest absolute Gasteiger partial charge is 0.326 e. The van der Waals surface area contributed by atoms with Gasteiger partial charge in [0, 0.05) is 22.3 Å². The highest BCUT2D eigenvalue weighted by atomic mass is 127. The van der Waals surface area contributed by atoms with E-state index in [1.54, 1.807) is 0 Å². The van der Waals surface area contributed by atoms with Crippen LogP contribution in [0.5, 0.6) is 0 Å². The van der Waals surface area contributed by atoms with Crippen LogP contribution in [0.2, 0.25) is 0 Å². The molecule has 1 aliphatic heterocycles. The van der Waals surface area contributed by atoms with Gasteiger partial charge in [0.25, 0.3) is 0 Å². The van der Waals surface area contributed by atoms with Gasteiger partial charge >= 0.3 is 0 Å². The molecule has 1 unspecified atom stereocenters. The Labute approximate surface area is 180 Å². The molecule has 1 fully saturated rings. The van der Waals surface area contributed by atoms with Crippen LogP contribution in [0.1, 0.15) is 24.8 Å². The van der Waals surface area contributed by atoms with Gasteiger partial charge in [0.05, 0.1) is 11.7 Å². The molecule has 1 aliphatic rings. The van der Waals surface area contributed by atoms with E-state index in [2.05, 4.69) is 27.9 Å². The Morgan fingerprint density at radius 2 is 1.82 bits per heavy atom. The lowest BCUT2D eigenvalue weighted by Gasteiger charge is -2.31. The zero-order chi connectivity index (χ0) is 20.0. The Hall–Kier alpha value is -1.45. The highest BCUT2D eigenvalue weighted by Gasteiger charge is 2.32. The van der Waals surface area contributed by atoms with E-state index in [1.807, 2.05) is 54.6 Å². The number of sulfonamides is 1. The van der Waals surface area contributed by atoms with Crippen molar-refractivity contribution < 1.29 is 13.2 Å². The van der Waals surface area contributed by atoms with Gasteiger partial charge in [-0.3, -0.25) is 4.79 Å². The minimum absolute atomic E-state index is 0.106. The molecule has 2 aromatic rings.